The second-order valence-corrected chi connectivity index (χ2v) is 7.04. The first-order chi connectivity index (χ1) is 12.7. The van der Waals surface area contributed by atoms with Gasteiger partial charge in [0.15, 0.2) is 0 Å². The van der Waals surface area contributed by atoms with Crippen LogP contribution in [0.1, 0.15) is 42.3 Å². The summed E-state index contributed by atoms with van der Waals surface area (Å²) in [5.41, 5.74) is 7.54. The van der Waals surface area contributed by atoms with Crippen LogP contribution in [0.15, 0.2) is 42.5 Å². The number of aryl methyl sites for hydroxylation is 2. The van der Waals surface area contributed by atoms with Gasteiger partial charge in [-0.1, -0.05) is 6.07 Å². The van der Waals surface area contributed by atoms with Crippen LogP contribution >= 0.6 is 0 Å². The fourth-order valence-corrected chi connectivity index (χ4v) is 4.09. The summed E-state index contributed by atoms with van der Waals surface area (Å²) in [4.78, 5) is 5.01. The van der Waals surface area contributed by atoms with Gasteiger partial charge in [0.25, 0.3) is 0 Å². The molecule has 0 bridgehead atoms. The van der Waals surface area contributed by atoms with Crippen molar-refractivity contribution in [3.63, 3.8) is 0 Å². The number of pyridine rings is 1. The lowest BCUT2D eigenvalue weighted by Gasteiger charge is -2.22. The Morgan fingerprint density at radius 1 is 0.923 bits per heavy atom. The molecule has 1 aliphatic carbocycles. The van der Waals surface area contributed by atoms with Crippen LogP contribution in [-0.2, 0) is 12.8 Å². The predicted octanol–water partition coefficient (Wildman–Crippen LogP) is 5.43. The maximum absolute atomic E-state index is 5.88. The number of nitrogens with zero attached hydrogens (tertiary/aromatic N) is 2. The average Bonchev–Trinajstić information content (AvgIpc) is 3.01. The number of ether oxygens (including phenoxy) is 1. The molecule has 26 heavy (non-hydrogen) atoms. The molecule has 0 radical (unpaired) electrons. The third-order valence-corrected chi connectivity index (χ3v) is 5.30. The summed E-state index contributed by atoms with van der Waals surface area (Å²) in [6.45, 7) is 7.02. The van der Waals surface area contributed by atoms with Crippen LogP contribution < -0.4 is 4.74 Å². The molecule has 0 saturated heterocycles. The molecular formula is C23H26N2O. The van der Waals surface area contributed by atoms with Gasteiger partial charge in [0.05, 0.1) is 12.3 Å². The minimum atomic E-state index is 0.714. The molecule has 0 amide bonds. The van der Waals surface area contributed by atoms with E-state index in [1.54, 1.807) is 0 Å². The van der Waals surface area contributed by atoms with E-state index in [4.69, 9.17) is 9.72 Å². The minimum Gasteiger partial charge on any atom is -0.494 e. The molecule has 1 aromatic carbocycles. The molecule has 0 N–H and O–H groups in total. The van der Waals surface area contributed by atoms with Crippen LogP contribution in [0, 0.1) is 13.8 Å². The van der Waals surface area contributed by atoms with Gasteiger partial charge in [0.1, 0.15) is 11.6 Å². The zero-order valence-electron chi connectivity index (χ0n) is 15.9. The lowest BCUT2D eigenvalue weighted by molar-refractivity contribution is 0.334. The standard InChI is InChI=1S/C23H26N2O/c1-4-26-22-15-14-19(18-8-5-6-9-20(18)22)21-10-7-11-23(24-21)25-16(2)12-13-17(25)3/h7,10-15H,4-6,8-9H2,1-3H3. The normalized spacial score (nSPS) is 13.5. The molecular weight excluding hydrogens is 320 g/mol. The highest BCUT2D eigenvalue weighted by Crippen LogP contribution is 2.36. The molecule has 2 aromatic heterocycles. The van der Waals surface area contributed by atoms with Crippen LogP contribution in [0.5, 0.6) is 5.75 Å². The summed E-state index contributed by atoms with van der Waals surface area (Å²) in [5.74, 6) is 2.04. The van der Waals surface area contributed by atoms with E-state index in [1.807, 2.05) is 0 Å². The van der Waals surface area contributed by atoms with Crippen molar-refractivity contribution in [2.45, 2.75) is 46.5 Å². The van der Waals surface area contributed by atoms with Gasteiger partial charge in [0.2, 0.25) is 0 Å². The summed E-state index contributed by atoms with van der Waals surface area (Å²) in [7, 11) is 0. The molecule has 3 heteroatoms. The van der Waals surface area contributed by atoms with Crippen molar-refractivity contribution in [3.8, 4) is 22.8 Å². The number of fused-ring (bicyclic) bond motifs is 1. The lowest BCUT2D eigenvalue weighted by Crippen LogP contribution is -2.09. The lowest BCUT2D eigenvalue weighted by atomic mass is 9.86. The Bertz CT molecular complexity index is 920. The first kappa shape index (κ1) is 16.9. The first-order valence-corrected chi connectivity index (χ1v) is 9.59. The van der Waals surface area contributed by atoms with Crippen LogP contribution in [0.2, 0.25) is 0 Å². The second kappa shape index (κ2) is 6.99. The van der Waals surface area contributed by atoms with E-state index in [0.717, 1.165) is 30.1 Å². The molecule has 0 saturated carbocycles. The van der Waals surface area contributed by atoms with Gasteiger partial charge in [0, 0.05) is 17.0 Å². The third kappa shape index (κ3) is 2.92. The first-order valence-electron chi connectivity index (χ1n) is 9.59. The molecule has 4 rings (SSSR count). The Hall–Kier alpha value is -2.55. The molecule has 134 valence electrons. The molecule has 0 fully saturated rings. The largest absolute Gasteiger partial charge is 0.494 e. The van der Waals surface area contributed by atoms with Crippen molar-refractivity contribution >= 4 is 0 Å². The summed E-state index contributed by atoms with van der Waals surface area (Å²) < 4.78 is 8.10. The molecule has 0 unspecified atom stereocenters. The number of hydrogen-bond acceptors (Lipinski definition) is 2. The minimum absolute atomic E-state index is 0.714. The summed E-state index contributed by atoms with van der Waals surface area (Å²) in [6.07, 6.45) is 4.70. The second-order valence-electron chi connectivity index (χ2n) is 7.04. The van der Waals surface area contributed by atoms with E-state index in [0.29, 0.717) is 6.61 Å². The molecule has 1 aliphatic rings. The fourth-order valence-electron chi connectivity index (χ4n) is 4.09. The van der Waals surface area contributed by atoms with Crippen molar-refractivity contribution in [3.05, 3.63) is 65.0 Å². The monoisotopic (exact) mass is 346 g/mol. The number of benzene rings is 1. The Balaban J connectivity index is 1.83. The predicted molar refractivity (Wildman–Crippen MR) is 106 cm³/mol. The van der Waals surface area contributed by atoms with Gasteiger partial charge in [-0.3, -0.25) is 0 Å². The molecule has 0 atom stereocenters. The Kier molecular flexibility index (Phi) is 4.54. The topological polar surface area (TPSA) is 27.1 Å². The Morgan fingerprint density at radius 3 is 2.38 bits per heavy atom. The summed E-state index contributed by atoms with van der Waals surface area (Å²) in [5, 5.41) is 0. The van der Waals surface area contributed by atoms with Gasteiger partial charge in [-0.25, -0.2) is 4.98 Å². The number of aromatic nitrogens is 2. The van der Waals surface area contributed by atoms with Crippen LogP contribution in [0.4, 0.5) is 0 Å². The van der Waals surface area contributed by atoms with Gasteiger partial charge < -0.3 is 9.30 Å². The van der Waals surface area contributed by atoms with Crippen molar-refractivity contribution in [1.29, 1.82) is 0 Å². The quantitative estimate of drug-likeness (QED) is 0.629. The zero-order chi connectivity index (χ0) is 18.1. The highest BCUT2D eigenvalue weighted by molar-refractivity contribution is 5.69. The average molecular weight is 346 g/mol. The van der Waals surface area contributed by atoms with Crippen molar-refractivity contribution < 1.29 is 4.74 Å². The SMILES string of the molecule is CCOc1ccc(-c2cccc(-n3c(C)ccc3C)n2)c2c1CCCC2. The van der Waals surface area contributed by atoms with Crippen molar-refractivity contribution in [2.24, 2.45) is 0 Å². The Labute approximate surface area is 155 Å². The highest BCUT2D eigenvalue weighted by atomic mass is 16.5. The summed E-state index contributed by atoms with van der Waals surface area (Å²) in [6, 6.07) is 14.9. The van der Waals surface area contributed by atoms with Gasteiger partial charge in [-0.2, -0.15) is 0 Å². The van der Waals surface area contributed by atoms with E-state index in [2.05, 4.69) is 67.8 Å². The fraction of sp³-hybridized carbons (Fsp3) is 0.348. The maximum atomic E-state index is 5.88. The number of rotatable bonds is 4. The Morgan fingerprint density at radius 2 is 1.65 bits per heavy atom. The van der Waals surface area contributed by atoms with Crippen LogP contribution in [-0.4, -0.2) is 16.2 Å². The molecule has 0 spiro atoms. The van der Waals surface area contributed by atoms with Crippen molar-refractivity contribution in [2.75, 3.05) is 6.61 Å². The van der Waals surface area contributed by atoms with Crippen molar-refractivity contribution in [1.82, 2.24) is 9.55 Å². The summed E-state index contributed by atoms with van der Waals surface area (Å²) >= 11 is 0. The van der Waals surface area contributed by atoms with E-state index in [9.17, 15) is 0 Å². The zero-order valence-corrected chi connectivity index (χ0v) is 15.9. The third-order valence-electron chi connectivity index (χ3n) is 5.30. The molecule has 0 aliphatic heterocycles. The molecule has 2 heterocycles. The smallest absolute Gasteiger partial charge is 0.137 e. The molecule has 3 nitrogen and oxygen atoms in total. The van der Waals surface area contributed by atoms with E-state index in [1.165, 1.54) is 40.9 Å². The van der Waals surface area contributed by atoms with Crippen LogP contribution in [0.3, 0.4) is 0 Å². The van der Waals surface area contributed by atoms with Gasteiger partial charge in [-0.15, -0.1) is 0 Å². The van der Waals surface area contributed by atoms with E-state index in [-0.39, 0.29) is 0 Å². The van der Waals surface area contributed by atoms with Gasteiger partial charge >= 0.3 is 0 Å². The molecule has 3 aromatic rings. The highest BCUT2D eigenvalue weighted by Gasteiger charge is 2.19. The van der Waals surface area contributed by atoms with Gasteiger partial charge in [-0.05, 0) is 94.0 Å². The number of hydrogen-bond donors (Lipinski definition) is 0. The maximum Gasteiger partial charge on any atom is 0.137 e. The van der Waals surface area contributed by atoms with E-state index < -0.39 is 0 Å². The van der Waals surface area contributed by atoms with Crippen LogP contribution in [0.25, 0.3) is 17.1 Å². The van der Waals surface area contributed by atoms with E-state index >= 15 is 0 Å².